The van der Waals surface area contributed by atoms with Gasteiger partial charge < -0.3 is 24.6 Å². The van der Waals surface area contributed by atoms with Crippen molar-refractivity contribution < 1.29 is 19.1 Å². The van der Waals surface area contributed by atoms with Gasteiger partial charge in [0.2, 0.25) is 5.95 Å². The molecule has 1 fully saturated rings. The van der Waals surface area contributed by atoms with E-state index in [2.05, 4.69) is 37.1 Å². The lowest BCUT2D eigenvalue weighted by atomic mass is 10.1. The number of rotatable bonds is 8. The van der Waals surface area contributed by atoms with Crippen LogP contribution < -0.4 is 15.1 Å². The molecule has 1 aromatic heterocycles. The molecule has 1 saturated heterocycles. The highest BCUT2D eigenvalue weighted by atomic mass is 16.5. The number of benzene rings is 1. The number of anilines is 2. The molecule has 0 aliphatic carbocycles. The van der Waals surface area contributed by atoms with Crippen LogP contribution in [0.15, 0.2) is 36.4 Å². The van der Waals surface area contributed by atoms with Gasteiger partial charge in [-0.05, 0) is 12.0 Å². The van der Waals surface area contributed by atoms with Gasteiger partial charge in [0.05, 0.1) is 20.3 Å². The summed E-state index contributed by atoms with van der Waals surface area (Å²) in [4.78, 5) is 37.0. The lowest BCUT2D eigenvalue weighted by Crippen LogP contribution is -2.38. The van der Waals surface area contributed by atoms with Crippen LogP contribution >= 0.6 is 0 Å². The van der Waals surface area contributed by atoms with Gasteiger partial charge in [-0.3, -0.25) is 9.59 Å². The van der Waals surface area contributed by atoms with E-state index in [1.54, 1.807) is 6.07 Å². The lowest BCUT2D eigenvalue weighted by Gasteiger charge is -2.29. The molecule has 0 unspecified atom stereocenters. The van der Waals surface area contributed by atoms with Crippen LogP contribution in [0.5, 0.6) is 0 Å². The molecule has 2 heterocycles. The lowest BCUT2D eigenvalue weighted by molar-refractivity contribution is -0.139. The maximum Gasteiger partial charge on any atom is 0.325 e. The van der Waals surface area contributed by atoms with E-state index in [1.165, 1.54) is 12.7 Å². The minimum atomic E-state index is -0.522. The van der Waals surface area contributed by atoms with Gasteiger partial charge in [-0.25, -0.2) is 4.98 Å². The number of hydrogen-bond donors (Lipinski definition) is 1. The number of hydrogen-bond acceptors (Lipinski definition) is 8. The van der Waals surface area contributed by atoms with Crippen molar-refractivity contribution in [2.75, 3.05) is 63.4 Å². The fourth-order valence-electron chi connectivity index (χ4n) is 3.02. The van der Waals surface area contributed by atoms with Crippen molar-refractivity contribution in [1.29, 1.82) is 0 Å². The first kappa shape index (κ1) is 21.5. The van der Waals surface area contributed by atoms with E-state index in [4.69, 9.17) is 4.74 Å². The summed E-state index contributed by atoms with van der Waals surface area (Å²) in [6, 6.07) is 11.8. The summed E-state index contributed by atoms with van der Waals surface area (Å²) < 4.78 is 9.99. The molecule has 0 spiro atoms. The van der Waals surface area contributed by atoms with Crippen LogP contribution in [0.2, 0.25) is 0 Å². The Morgan fingerprint density at radius 3 is 2.63 bits per heavy atom. The van der Waals surface area contributed by atoms with Crippen molar-refractivity contribution in [2.45, 2.75) is 6.42 Å². The third kappa shape index (κ3) is 5.90. The Morgan fingerprint density at radius 1 is 1.20 bits per heavy atom. The van der Waals surface area contributed by atoms with E-state index in [0.29, 0.717) is 44.6 Å². The zero-order chi connectivity index (χ0) is 21.3. The topological polar surface area (TPSA) is 96.9 Å². The molecule has 1 amide bonds. The van der Waals surface area contributed by atoms with Crippen LogP contribution in [0.4, 0.5) is 11.8 Å². The molecule has 1 aliphatic heterocycles. The summed E-state index contributed by atoms with van der Waals surface area (Å²) in [5, 5.41) is 2.54. The van der Waals surface area contributed by atoms with E-state index in [9.17, 15) is 9.59 Å². The molecule has 3 rings (SSSR count). The predicted molar refractivity (Wildman–Crippen MR) is 113 cm³/mol. The quantitative estimate of drug-likeness (QED) is 0.638. The standard InChI is InChI=1S/C21H27N5O4/c1-25(9-8-16-6-4-3-5-7-16)21-23-17(20(28)22-15-19(27)29-2)14-18(24-21)26-10-12-30-13-11-26/h3-7,14H,8-13,15H2,1-2H3,(H,22,28). The normalized spacial score (nSPS) is 13.6. The van der Waals surface area contributed by atoms with Gasteiger partial charge in [-0.1, -0.05) is 30.3 Å². The van der Waals surface area contributed by atoms with Crippen molar-refractivity contribution in [2.24, 2.45) is 0 Å². The Hall–Kier alpha value is -3.20. The number of likely N-dealkylation sites (N-methyl/N-ethyl adjacent to an activating group) is 1. The summed E-state index contributed by atoms with van der Waals surface area (Å²) in [6.07, 6.45) is 0.826. The Balaban J connectivity index is 1.79. The van der Waals surface area contributed by atoms with E-state index in [-0.39, 0.29) is 12.2 Å². The minimum absolute atomic E-state index is 0.206. The Kier molecular flexibility index (Phi) is 7.56. The number of aromatic nitrogens is 2. The van der Waals surface area contributed by atoms with Gasteiger partial charge in [0.25, 0.3) is 5.91 Å². The van der Waals surface area contributed by atoms with Gasteiger partial charge in [-0.2, -0.15) is 4.98 Å². The second-order valence-electron chi connectivity index (χ2n) is 6.93. The summed E-state index contributed by atoms with van der Waals surface area (Å²) in [5.74, 6) is 0.150. The average Bonchev–Trinajstić information content (AvgIpc) is 2.81. The van der Waals surface area contributed by atoms with Crippen molar-refractivity contribution >= 4 is 23.6 Å². The molecule has 1 aliphatic rings. The first-order chi connectivity index (χ1) is 14.6. The average molecular weight is 413 g/mol. The first-order valence-electron chi connectivity index (χ1n) is 9.88. The van der Waals surface area contributed by atoms with Crippen LogP contribution in [0.25, 0.3) is 0 Å². The second-order valence-corrected chi connectivity index (χ2v) is 6.93. The number of nitrogens with zero attached hydrogens (tertiary/aromatic N) is 4. The molecule has 1 N–H and O–H groups in total. The highest BCUT2D eigenvalue weighted by Gasteiger charge is 2.19. The third-order valence-corrected chi connectivity index (χ3v) is 4.81. The van der Waals surface area contributed by atoms with E-state index < -0.39 is 11.9 Å². The molecule has 9 heteroatoms. The Labute approximate surface area is 176 Å². The monoisotopic (exact) mass is 413 g/mol. The van der Waals surface area contributed by atoms with Crippen LogP contribution in [0, 0.1) is 0 Å². The zero-order valence-electron chi connectivity index (χ0n) is 17.3. The van der Waals surface area contributed by atoms with Gasteiger partial charge in [0.1, 0.15) is 18.1 Å². The summed E-state index contributed by atoms with van der Waals surface area (Å²) in [7, 11) is 3.17. The van der Waals surface area contributed by atoms with Gasteiger partial charge in [0.15, 0.2) is 0 Å². The summed E-state index contributed by atoms with van der Waals surface area (Å²) >= 11 is 0. The van der Waals surface area contributed by atoms with Gasteiger partial charge in [0, 0.05) is 32.7 Å². The molecule has 2 aromatic rings. The van der Waals surface area contributed by atoms with Crippen molar-refractivity contribution in [3.63, 3.8) is 0 Å². The molecule has 30 heavy (non-hydrogen) atoms. The molecule has 9 nitrogen and oxygen atoms in total. The fourth-order valence-corrected chi connectivity index (χ4v) is 3.02. The van der Waals surface area contributed by atoms with Crippen LogP contribution in [-0.4, -0.2) is 75.4 Å². The number of methoxy groups -OCH3 is 1. The van der Waals surface area contributed by atoms with Gasteiger partial charge in [-0.15, -0.1) is 0 Å². The summed E-state index contributed by atoms with van der Waals surface area (Å²) in [6.45, 7) is 3.06. The highest BCUT2D eigenvalue weighted by molar-refractivity contribution is 5.95. The minimum Gasteiger partial charge on any atom is -0.468 e. The molecule has 0 bridgehead atoms. The van der Waals surface area contributed by atoms with E-state index in [1.807, 2.05) is 30.1 Å². The molecule has 0 radical (unpaired) electrons. The number of esters is 1. The molecular formula is C21H27N5O4. The fraction of sp³-hybridized carbons (Fsp3) is 0.429. The van der Waals surface area contributed by atoms with Crippen LogP contribution in [0.3, 0.4) is 0 Å². The number of carbonyl (C=O) groups excluding carboxylic acids is 2. The van der Waals surface area contributed by atoms with Crippen molar-refractivity contribution in [1.82, 2.24) is 15.3 Å². The van der Waals surface area contributed by atoms with Crippen molar-refractivity contribution in [3.05, 3.63) is 47.7 Å². The van der Waals surface area contributed by atoms with E-state index in [0.717, 1.165) is 6.42 Å². The zero-order valence-corrected chi connectivity index (χ0v) is 17.3. The molecule has 0 atom stereocenters. The number of nitrogens with one attached hydrogen (secondary N) is 1. The van der Waals surface area contributed by atoms with Crippen molar-refractivity contribution in [3.8, 4) is 0 Å². The Morgan fingerprint density at radius 2 is 1.93 bits per heavy atom. The molecular weight excluding hydrogens is 386 g/mol. The van der Waals surface area contributed by atoms with Crippen LogP contribution in [-0.2, 0) is 20.7 Å². The summed E-state index contributed by atoms with van der Waals surface area (Å²) in [5.41, 5.74) is 1.42. The van der Waals surface area contributed by atoms with Crippen LogP contribution in [0.1, 0.15) is 16.1 Å². The molecule has 0 saturated carbocycles. The largest absolute Gasteiger partial charge is 0.468 e. The maximum atomic E-state index is 12.6. The smallest absolute Gasteiger partial charge is 0.325 e. The molecule has 160 valence electrons. The second kappa shape index (κ2) is 10.5. The number of carbonyl (C=O) groups is 2. The molecule has 1 aromatic carbocycles. The van der Waals surface area contributed by atoms with E-state index >= 15 is 0 Å². The predicted octanol–water partition coefficient (Wildman–Crippen LogP) is 0.895. The maximum absolute atomic E-state index is 12.6. The number of morpholine rings is 1. The number of ether oxygens (including phenoxy) is 2. The van der Waals surface area contributed by atoms with Gasteiger partial charge >= 0.3 is 5.97 Å². The Bertz CT molecular complexity index is 856. The highest BCUT2D eigenvalue weighted by Crippen LogP contribution is 2.19. The third-order valence-electron chi connectivity index (χ3n) is 4.81. The first-order valence-corrected chi connectivity index (χ1v) is 9.88. The number of amides is 1. The SMILES string of the molecule is COC(=O)CNC(=O)c1cc(N2CCOCC2)nc(N(C)CCc2ccccc2)n1.